The van der Waals surface area contributed by atoms with E-state index in [0.717, 1.165) is 19.6 Å². The molecule has 0 amide bonds. The fourth-order valence-corrected chi connectivity index (χ4v) is 2.83. The van der Waals surface area contributed by atoms with Gasteiger partial charge in [0.2, 0.25) is 0 Å². The number of allylic oxidation sites excluding steroid dienone is 1. The molecule has 16 heavy (non-hydrogen) atoms. The second-order valence-corrected chi connectivity index (χ2v) is 5.06. The van der Waals surface area contributed by atoms with Gasteiger partial charge in [-0.2, -0.15) is 5.26 Å². The summed E-state index contributed by atoms with van der Waals surface area (Å²) >= 11 is 0. The first-order valence-electron chi connectivity index (χ1n) is 5.88. The van der Waals surface area contributed by atoms with Crippen LogP contribution in [0.2, 0.25) is 0 Å². The minimum absolute atomic E-state index is 0.0283. The maximum Gasteiger partial charge on any atom is 0.120 e. The van der Waals surface area contributed by atoms with Gasteiger partial charge >= 0.3 is 0 Å². The van der Waals surface area contributed by atoms with Crippen LogP contribution < -0.4 is 5.32 Å². The second kappa shape index (κ2) is 4.44. The molecule has 88 valence electrons. The van der Waals surface area contributed by atoms with Crippen molar-refractivity contribution in [3.63, 3.8) is 0 Å². The molecule has 1 N–H and O–H groups in total. The van der Waals surface area contributed by atoms with Crippen molar-refractivity contribution in [3.05, 3.63) is 11.8 Å². The van der Waals surface area contributed by atoms with Crippen LogP contribution in [-0.4, -0.2) is 42.7 Å². The van der Waals surface area contributed by atoms with Crippen molar-refractivity contribution in [3.8, 4) is 6.07 Å². The van der Waals surface area contributed by atoms with E-state index in [1.54, 1.807) is 0 Å². The van der Waals surface area contributed by atoms with Crippen molar-refractivity contribution < 1.29 is 0 Å². The SMILES string of the molecule is CC(C)=CN(C)N1CC2CNCC2C1C#N. The Morgan fingerprint density at radius 2 is 2.25 bits per heavy atom. The van der Waals surface area contributed by atoms with Crippen molar-refractivity contribution >= 4 is 0 Å². The van der Waals surface area contributed by atoms with Crippen LogP contribution in [0, 0.1) is 23.2 Å². The predicted octanol–water partition coefficient (Wildman–Crippen LogP) is 0.800. The number of hydrogen-bond donors (Lipinski definition) is 1. The van der Waals surface area contributed by atoms with Crippen LogP contribution >= 0.6 is 0 Å². The van der Waals surface area contributed by atoms with E-state index < -0.39 is 0 Å². The molecule has 2 rings (SSSR count). The molecule has 0 saturated carbocycles. The lowest BCUT2D eigenvalue weighted by Gasteiger charge is -2.31. The number of nitrogens with zero attached hydrogens (tertiary/aromatic N) is 3. The van der Waals surface area contributed by atoms with Crippen LogP contribution in [0.1, 0.15) is 13.8 Å². The lowest BCUT2D eigenvalue weighted by molar-refractivity contribution is 0.0415. The van der Waals surface area contributed by atoms with Crippen LogP contribution in [0.3, 0.4) is 0 Å². The predicted molar refractivity (Wildman–Crippen MR) is 63.2 cm³/mol. The molecule has 3 atom stereocenters. The van der Waals surface area contributed by atoms with Crippen LogP contribution in [0.4, 0.5) is 0 Å². The van der Waals surface area contributed by atoms with Crippen molar-refractivity contribution in [1.29, 1.82) is 5.26 Å². The Kier molecular flexibility index (Phi) is 3.17. The average Bonchev–Trinajstić information content (AvgIpc) is 2.74. The zero-order valence-corrected chi connectivity index (χ0v) is 10.3. The second-order valence-electron chi connectivity index (χ2n) is 5.06. The summed E-state index contributed by atoms with van der Waals surface area (Å²) in [6.45, 7) is 7.20. The summed E-state index contributed by atoms with van der Waals surface area (Å²) in [5.41, 5.74) is 1.26. The monoisotopic (exact) mass is 220 g/mol. The summed E-state index contributed by atoms with van der Waals surface area (Å²) in [4.78, 5) is 0. The van der Waals surface area contributed by atoms with Crippen molar-refractivity contribution in [2.75, 3.05) is 26.7 Å². The van der Waals surface area contributed by atoms with Crippen molar-refractivity contribution in [1.82, 2.24) is 15.3 Å². The summed E-state index contributed by atoms with van der Waals surface area (Å²) in [5.74, 6) is 1.13. The first-order chi connectivity index (χ1) is 7.63. The van der Waals surface area contributed by atoms with Gasteiger partial charge in [-0.3, -0.25) is 0 Å². The summed E-state index contributed by atoms with van der Waals surface area (Å²) < 4.78 is 0. The van der Waals surface area contributed by atoms with E-state index in [1.807, 2.05) is 7.05 Å². The van der Waals surface area contributed by atoms with E-state index in [-0.39, 0.29) is 6.04 Å². The van der Waals surface area contributed by atoms with E-state index in [2.05, 4.69) is 41.5 Å². The number of hydrogen-bond acceptors (Lipinski definition) is 4. The van der Waals surface area contributed by atoms with Gasteiger partial charge in [-0.05, 0) is 26.3 Å². The number of fused-ring (bicyclic) bond motifs is 1. The molecule has 0 aliphatic carbocycles. The van der Waals surface area contributed by atoms with Crippen LogP contribution in [0.25, 0.3) is 0 Å². The maximum atomic E-state index is 9.30. The molecule has 0 aromatic heterocycles. The van der Waals surface area contributed by atoms with E-state index in [4.69, 9.17) is 0 Å². The Morgan fingerprint density at radius 3 is 2.88 bits per heavy atom. The van der Waals surface area contributed by atoms with Crippen molar-refractivity contribution in [2.24, 2.45) is 11.8 Å². The molecule has 4 nitrogen and oxygen atoms in total. The Balaban J connectivity index is 2.12. The van der Waals surface area contributed by atoms with Gasteiger partial charge in [0, 0.05) is 32.3 Å². The molecule has 2 aliphatic rings. The third kappa shape index (κ3) is 1.93. The molecule has 4 heteroatoms. The molecule has 0 bridgehead atoms. The highest BCUT2D eigenvalue weighted by Crippen LogP contribution is 2.32. The van der Waals surface area contributed by atoms with E-state index in [0.29, 0.717) is 11.8 Å². The normalized spacial score (nSPS) is 33.2. The Labute approximate surface area is 97.5 Å². The lowest BCUT2D eigenvalue weighted by Crippen LogP contribution is -2.42. The summed E-state index contributed by atoms with van der Waals surface area (Å²) in [6, 6.07) is 2.48. The van der Waals surface area contributed by atoms with Gasteiger partial charge in [0.05, 0.1) is 6.07 Å². The zero-order chi connectivity index (χ0) is 11.7. The fourth-order valence-electron chi connectivity index (χ4n) is 2.83. The van der Waals surface area contributed by atoms with E-state index >= 15 is 0 Å². The van der Waals surface area contributed by atoms with Gasteiger partial charge in [-0.1, -0.05) is 5.57 Å². The Bertz CT molecular complexity index is 326. The highest BCUT2D eigenvalue weighted by molar-refractivity contribution is 5.08. The molecule has 0 aromatic rings. The molecule has 3 unspecified atom stereocenters. The standard InChI is InChI=1S/C12H20N4/c1-9(2)7-15(3)16-8-10-5-14-6-11(10)12(16)4-13/h7,10-12,14H,5-6,8H2,1-3H3. The van der Waals surface area contributed by atoms with Crippen LogP contribution in [0.5, 0.6) is 0 Å². The molecule has 0 radical (unpaired) electrons. The van der Waals surface area contributed by atoms with Gasteiger partial charge < -0.3 is 10.3 Å². The van der Waals surface area contributed by atoms with Crippen molar-refractivity contribution in [2.45, 2.75) is 19.9 Å². The van der Waals surface area contributed by atoms with Gasteiger partial charge in [0.25, 0.3) is 0 Å². The third-order valence-corrected chi connectivity index (χ3v) is 3.52. The summed E-state index contributed by atoms with van der Waals surface area (Å²) in [7, 11) is 2.03. The first kappa shape index (κ1) is 11.4. The molecule has 2 aliphatic heterocycles. The molecular weight excluding hydrogens is 200 g/mol. The number of nitrogens with one attached hydrogen (secondary N) is 1. The highest BCUT2D eigenvalue weighted by Gasteiger charge is 2.45. The van der Waals surface area contributed by atoms with Gasteiger partial charge in [-0.15, -0.1) is 0 Å². The third-order valence-electron chi connectivity index (χ3n) is 3.52. The largest absolute Gasteiger partial charge is 0.316 e. The average molecular weight is 220 g/mol. The zero-order valence-electron chi connectivity index (χ0n) is 10.3. The molecular formula is C12H20N4. The summed E-state index contributed by atoms with van der Waals surface area (Å²) in [5, 5.41) is 17.0. The molecule has 0 spiro atoms. The number of hydrazine groups is 1. The minimum Gasteiger partial charge on any atom is -0.316 e. The van der Waals surface area contributed by atoms with Crippen LogP contribution in [0.15, 0.2) is 11.8 Å². The van der Waals surface area contributed by atoms with Crippen LogP contribution in [-0.2, 0) is 0 Å². The topological polar surface area (TPSA) is 42.3 Å². The number of nitriles is 1. The lowest BCUT2D eigenvalue weighted by atomic mass is 9.95. The van der Waals surface area contributed by atoms with Gasteiger partial charge in [0.15, 0.2) is 0 Å². The van der Waals surface area contributed by atoms with E-state index in [9.17, 15) is 5.26 Å². The van der Waals surface area contributed by atoms with Gasteiger partial charge in [-0.25, -0.2) is 5.01 Å². The molecule has 2 heterocycles. The first-order valence-corrected chi connectivity index (χ1v) is 5.88. The maximum absolute atomic E-state index is 9.30. The number of rotatable bonds is 2. The Morgan fingerprint density at radius 1 is 1.50 bits per heavy atom. The minimum atomic E-state index is 0.0283. The van der Waals surface area contributed by atoms with Gasteiger partial charge in [0.1, 0.15) is 6.04 Å². The molecule has 0 aromatic carbocycles. The fraction of sp³-hybridized carbons (Fsp3) is 0.750. The smallest absolute Gasteiger partial charge is 0.120 e. The van der Waals surface area contributed by atoms with E-state index in [1.165, 1.54) is 5.57 Å². The highest BCUT2D eigenvalue weighted by atomic mass is 15.6. The quantitative estimate of drug-likeness (QED) is 0.747. The summed E-state index contributed by atoms with van der Waals surface area (Å²) in [6.07, 6.45) is 2.10. The molecule has 2 fully saturated rings. The Hall–Kier alpha value is -1.05. The molecule has 2 saturated heterocycles.